The van der Waals surface area contributed by atoms with Gasteiger partial charge in [-0.05, 0) is 13.8 Å². The maximum atomic E-state index is 11.4. The van der Waals surface area contributed by atoms with Gasteiger partial charge >= 0.3 is 13.3 Å². The molecule has 0 aliphatic heterocycles. The van der Waals surface area contributed by atoms with E-state index in [0.29, 0.717) is 5.56 Å². The highest BCUT2D eigenvalue weighted by atomic mass is 31.2. The fourth-order valence-corrected chi connectivity index (χ4v) is 1.76. The fraction of sp³-hybridized carbons (Fsp3) is 0.556. The molecule has 0 saturated carbocycles. The molecule has 8 nitrogen and oxygen atoms in total. The van der Waals surface area contributed by atoms with Crippen LogP contribution in [-0.4, -0.2) is 31.8 Å². The number of nitrogens with zero attached hydrogens (tertiary/aromatic N) is 1. The lowest BCUT2D eigenvalue weighted by molar-refractivity contribution is 0.0746. The first-order chi connectivity index (χ1) is 8.19. The van der Waals surface area contributed by atoms with Gasteiger partial charge in [0.05, 0.1) is 12.6 Å². The molecule has 0 spiro atoms. The first kappa shape index (κ1) is 14.8. The van der Waals surface area contributed by atoms with Crippen LogP contribution >= 0.6 is 7.60 Å². The third-order valence-corrected chi connectivity index (χ3v) is 2.66. The molecule has 1 rings (SSSR count). The van der Waals surface area contributed by atoms with Gasteiger partial charge in [-0.1, -0.05) is 0 Å². The van der Waals surface area contributed by atoms with Gasteiger partial charge in [0.25, 0.3) is 5.56 Å². The van der Waals surface area contributed by atoms with Crippen LogP contribution in [0.5, 0.6) is 0 Å². The minimum atomic E-state index is -4.22. The summed E-state index contributed by atoms with van der Waals surface area (Å²) in [6.07, 6.45) is 0.102. The second-order valence-corrected chi connectivity index (χ2v) is 5.58. The molecule has 18 heavy (non-hydrogen) atoms. The van der Waals surface area contributed by atoms with Crippen LogP contribution in [-0.2, 0) is 15.8 Å². The summed E-state index contributed by atoms with van der Waals surface area (Å²) in [5.74, 6) is 0. The number of ether oxygens (including phenoxy) is 1. The van der Waals surface area contributed by atoms with Crippen LogP contribution in [0.15, 0.2) is 15.8 Å². The summed E-state index contributed by atoms with van der Waals surface area (Å²) < 4.78 is 16.8. The van der Waals surface area contributed by atoms with E-state index in [1.807, 2.05) is 0 Å². The van der Waals surface area contributed by atoms with E-state index in [2.05, 4.69) is 4.98 Å². The van der Waals surface area contributed by atoms with E-state index in [9.17, 15) is 14.2 Å². The van der Waals surface area contributed by atoms with Crippen molar-refractivity contribution in [2.45, 2.75) is 26.5 Å². The Hall–Kier alpha value is -1.21. The van der Waals surface area contributed by atoms with Gasteiger partial charge < -0.3 is 14.5 Å². The van der Waals surface area contributed by atoms with Crippen LogP contribution in [0, 0.1) is 6.92 Å². The van der Waals surface area contributed by atoms with E-state index in [0.717, 1.165) is 0 Å². The Morgan fingerprint density at radius 2 is 2.11 bits per heavy atom. The van der Waals surface area contributed by atoms with E-state index in [-0.39, 0.29) is 6.54 Å². The van der Waals surface area contributed by atoms with Crippen LogP contribution < -0.4 is 11.2 Å². The van der Waals surface area contributed by atoms with Crippen molar-refractivity contribution < 1.29 is 19.1 Å². The van der Waals surface area contributed by atoms with E-state index in [4.69, 9.17) is 14.5 Å². The molecule has 1 aromatic heterocycles. The average molecular weight is 278 g/mol. The molecule has 0 aliphatic rings. The van der Waals surface area contributed by atoms with E-state index < -0.39 is 31.3 Å². The molecule has 0 amide bonds. The summed E-state index contributed by atoms with van der Waals surface area (Å²) in [4.78, 5) is 42.0. The molecule has 0 fully saturated rings. The third kappa shape index (κ3) is 4.58. The largest absolute Gasteiger partial charge is 0.364 e. The molecule has 0 bridgehead atoms. The standard InChI is InChI=1S/C9H15N2O6P/c1-6-3-11(9(13)10-8(6)12)4-7(2)17-5-18(14,15)16/h3,7H,4-5H2,1-2H3,(H,10,12,13)(H2,14,15,16)/t7-/m0/s1. The molecule has 1 heterocycles. The maximum absolute atomic E-state index is 11.4. The lowest BCUT2D eigenvalue weighted by Crippen LogP contribution is -2.33. The Labute approximate surface area is 102 Å². The topological polar surface area (TPSA) is 122 Å². The predicted octanol–water partition coefficient (Wildman–Crippen LogP) is -0.615. The van der Waals surface area contributed by atoms with Crippen molar-refractivity contribution in [2.24, 2.45) is 0 Å². The zero-order chi connectivity index (χ0) is 13.9. The van der Waals surface area contributed by atoms with Crippen molar-refractivity contribution in [2.75, 3.05) is 6.35 Å². The van der Waals surface area contributed by atoms with Gasteiger partial charge in [0.2, 0.25) is 0 Å². The molecule has 0 radical (unpaired) electrons. The lowest BCUT2D eigenvalue weighted by Gasteiger charge is -2.15. The van der Waals surface area contributed by atoms with Crippen molar-refractivity contribution in [3.8, 4) is 0 Å². The highest BCUT2D eigenvalue weighted by Gasteiger charge is 2.16. The Morgan fingerprint density at radius 3 is 2.67 bits per heavy atom. The van der Waals surface area contributed by atoms with Crippen LogP contribution in [0.25, 0.3) is 0 Å². The summed E-state index contributed by atoms with van der Waals surface area (Å²) in [5.41, 5.74) is -0.672. The Bertz CT molecular complexity index is 571. The number of hydrogen-bond acceptors (Lipinski definition) is 4. The molecule has 102 valence electrons. The molecule has 3 N–H and O–H groups in total. The molecule has 0 aliphatic carbocycles. The first-order valence-electron chi connectivity index (χ1n) is 5.15. The minimum Gasteiger partial charge on any atom is -0.364 e. The van der Waals surface area contributed by atoms with E-state index in [1.54, 1.807) is 13.8 Å². The molecular formula is C9H15N2O6P. The zero-order valence-electron chi connectivity index (χ0n) is 9.99. The molecule has 0 unspecified atom stereocenters. The van der Waals surface area contributed by atoms with E-state index in [1.165, 1.54) is 10.8 Å². The van der Waals surface area contributed by atoms with Crippen molar-refractivity contribution in [1.29, 1.82) is 0 Å². The Morgan fingerprint density at radius 1 is 1.50 bits per heavy atom. The molecule has 9 heteroatoms. The molecule has 1 atom stereocenters. The van der Waals surface area contributed by atoms with Crippen molar-refractivity contribution >= 4 is 7.60 Å². The van der Waals surface area contributed by atoms with Gasteiger partial charge in [-0.15, -0.1) is 0 Å². The van der Waals surface area contributed by atoms with Gasteiger partial charge in [-0.2, -0.15) is 0 Å². The lowest BCUT2D eigenvalue weighted by atomic mass is 10.3. The van der Waals surface area contributed by atoms with Gasteiger partial charge in [-0.25, -0.2) is 4.79 Å². The van der Waals surface area contributed by atoms with E-state index >= 15 is 0 Å². The SMILES string of the molecule is Cc1cn(C[C@H](C)OCP(=O)(O)O)c(=O)[nH]c1=O. The summed E-state index contributed by atoms with van der Waals surface area (Å²) in [6.45, 7) is 3.22. The normalized spacial score (nSPS) is 13.6. The number of aryl methyl sites for hydroxylation is 1. The summed E-state index contributed by atoms with van der Waals surface area (Å²) in [5, 5.41) is 0. The molecule has 0 saturated heterocycles. The summed E-state index contributed by atoms with van der Waals surface area (Å²) in [7, 11) is -4.22. The molecular weight excluding hydrogens is 263 g/mol. The number of H-pyrrole nitrogens is 1. The molecule has 1 aromatic rings. The smallest absolute Gasteiger partial charge is 0.350 e. The zero-order valence-corrected chi connectivity index (χ0v) is 10.9. The van der Waals surface area contributed by atoms with Gasteiger partial charge in [0.1, 0.15) is 6.35 Å². The highest BCUT2D eigenvalue weighted by Crippen LogP contribution is 2.34. The second-order valence-electron chi connectivity index (χ2n) is 3.99. The van der Waals surface area contributed by atoms with Crippen LogP contribution in [0.4, 0.5) is 0 Å². The van der Waals surface area contributed by atoms with Gasteiger partial charge in [-0.3, -0.25) is 18.9 Å². The average Bonchev–Trinajstić information content (AvgIpc) is 2.22. The Kier molecular flexibility index (Phi) is 4.64. The minimum absolute atomic E-state index is 0.0937. The molecule has 0 aromatic carbocycles. The number of hydrogen-bond donors (Lipinski definition) is 3. The quantitative estimate of drug-likeness (QED) is 0.617. The van der Waals surface area contributed by atoms with Crippen LogP contribution in [0.2, 0.25) is 0 Å². The number of aromatic nitrogens is 2. The third-order valence-electron chi connectivity index (χ3n) is 2.17. The number of aromatic amines is 1. The fourth-order valence-electron chi connectivity index (χ4n) is 1.31. The monoisotopic (exact) mass is 278 g/mol. The summed E-state index contributed by atoms with van der Waals surface area (Å²) >= 11 is 0. The summed E-state index contributed by atoms with van der Waals surface area (Å²) in [6, 6.07) is 0. The van der Waals surface area contributed by atoms with Gasteiger partial charge in [0, 0.05) is 11.8 Å². The van der Waals surface area contributed by atoms with Gasteiger partial charge in [0.15, 0.2) is 0 Å². The van der Waals surface area contributed by atoms with Crippen molar-refractivity contribution in [3.05, 3.63) is 32.6 Å². The first-order valence-corrected chi connectivity index (χ1v) is 6.95. The number of rotatable bonds is 5. The van der Waals surface area contributed by atoms with Crippen LogP contribution in [0.1, 0.15) is 12.5 Å². The maximum Gasteiger partial charge on any atom is 0.350 e. The van der Waals surface area contributed by atoms with Crippen molar-refractivity contribution in [3.63, 3.8) is 0 Å². The number of nitrogens with one attached hydrogen (secondary N) is 1. The van der Waals surface area contributed by atoms with Crippen molar-refractivity contribution in [1.82, 2.24) is 9.55 Å². The predicted molar refractivity (Wildman–Crippen MR) is 63.5 cm³/mol. The Balaban J connectivity index is 2.74. The highest BCUT2D eigenvalue weighted by molar-refractivity contribution is 7.51. The van der Waals surface area contributed by atoms with Crippen LogP contribution in [0.3, 0.4) is 0 Å². The second kappa shape index (κ2) is 5.62.